The van der Waals surface area contributed by atoms with Crippen molar-refractivity contribution in [1.82, 2.24) is 15.3 Å². The van der Waals surface area contributed by atoms with Crippen molar-refractivity contribution in [2.45, 2.75) is 12.6 Å². The van der Waals surface area contributed by atoms with Gasteiger partial charge in [-0.3, -0.25) is 14.6 Å². The minimum Gasteiger partial charge on any atom is -0.457 e. The fraction of sp³-hybridized carbons (Fsp3) is 0.111. The third-order valence-corrected chi connectivity index (χ3v) is 4.91. The first-order valence-corrected chi connectivity index (χ1v) is 11.0. The maximum absolute atomic E-state index is 13.0. The molecule has 0 saturated carbocycles. The molecule has 0 radical (unpaired) electrons. The first-order chi connectivity index (χ1) is 17.2. The molecule has 0 fully saturated rings. The first-order valence-electron chi connectivity index (χ1n) is 11.0. The van der Waals surface area contributed by atoms with Gasteiger partial charge < -0.3 is 20.1 Å². The highest BCUT2D eigenvalue weighted by Crippen LogP contribution is 2.22. The van der Waals surface area contributed by atoms with Crippen molar-refractivity contribution in [2.75, 3.05) is 11.9 Å². The molecule has 1 unspecified atom stereocenters. The zero-order chi connectivity index (χ0) is 24.3. The van der Waals surface area contributed by atoms with E-state index < -0.39 is 17.9 Å². The number of ether oxygens (including phenoxy) is 2. The van der Waals surface area contributed by atoms with Crippen molar-refractivity contribution in [1.29, 1.82) is 0 Å². The number of rotatable bonds is 10. The van der Waals surface area contributed by atoms with Crippen LogP contribution in [0.3, 0.4) is 0 Å². The monoisotopic (exact) mass is 468 g/mol. The van der Waals surface area contributed by atoms with Crippen molar-refractivity contribution in [3.63, 3.8) is 0 Å². The molecule has 3 aromatic carbocycles. The predicted octanol–water partition coefficient (Wildman–Crippen LogP) is 4.22. The average Bonchev–Trinajstić information content (AvgIpc) is 2.91. The van der Waals surface area contributed by atoms with Gasteiger partial charge in [-0.2, -0.15) is 0 Å². The summed E-state index contributed by atoms with van der Waals surface area (Å²) in [4.78, 5) is 33.5. The average molecular weight is 469 g/mol. The van der Waals surface area contributed by atoms with E-state index in [1.54, 1.807) is 24.3 Å². The summed E-state index contributed by atoms with van der Waals surface area (Å²) in [6, 6.07) is 25.0. The van der Waals surface area contributed by atoms with E-state index in [4.69, 9.17) is 9.47 Å². The Morgan fingerprint density at radius 2 is 1.51 bits per heavy atom. The highest BCUT2D eigenvalue weighted by Gasteiger charge is 2.23. The Bertz CT molecular complexity index is 1220. The minimum absolute atomic E-state index is 0.0259. The molecule has 35 heavy (non-hydrogen) atoms. The second-order valence-electron chi connectivity index (χ2n) is 7.55. The Labute approximate surface area is 203 Å². The predicted molar refractivity (Wildman–Crippen MR) is 131 cm³/mol. The molecule has 2 N–H and O–H groups in total. The smallest absolute Gasteiger partial charge is 0.272 e. The van der Waals surface area contributed by atoms with E-state index in [9.17, 15) is 9.59 Å². The van der Waals surface area contributed by atoms with Crippen LogP contribution in [0, 0.1) is 0 Å². The van der Waals surface area contributed by atoms with E-state index in [1.807, 2.05) is 60.7 Å². The Balaban J connectivity index is 1.39. The molecule has 1 atom stereocenters. The van der Waals surface area contributed by atoms with Crippen LogP contribution in [0.15, 0.2) is 104 Å². The number of hydrogen-bond acceptors (Lipinski definition) is 6. The topological polar surface area (TPSA) is 102 Å². The maximum Gasteiger partial charge on any atom is 0.272 e. The summed E-state index contributed by atoms with van der Waals surface area (Å²) in [5.74, 6) is 0.403. The number of benzene rings is 3. The molecule has 0 spiro atoms. The number of nitrogens with one attached hydrogen (secondary N) is 2. The minimum atomic E-state index is -0.950. The van der Waals surface area contributed by atoms with Gasteiger partial charge in [-0.15, -0.1) is 0 Å². The van der Waals surface area contributed by atoms with Gasteiger partial charge in [0.1, 0.15) is 23.2 Å². The van der Waals surface area contributed by atoms with Crippen LogP contribution in [-0.2, 0) is 16.1 Å². The molecule has 0 aliphatic rings. The molecule has 8 nitrogen and oxygen atoms in total. The van der Waals surface area contributed by atoms with Crippen LogP contribution in [0.4, 0.5) is 5.69 Å². The lowest BCUT2D eigenvalue weighted by Gasteiger charge is -2.18. The van der Waals surface area contributed by atoms with Crippen molar-refractivity contribution in [3.8, 4) is 11.5 Å². The summed E-state index contributed by atoms with van der Waals surface area (Å²) < 4.78 is 11.5. The van der Waals surface area contributed by atoms with Gasteiger partial charge in [-0.25, -0.2) is 4.98 Å². The zero-order valence-electron chi connectivity index (χ0n) is 18.8. The number of anilines is 1. The van der Waals surface area contributed by atoms with Gasteiger partial charge in [0, 0.05) is 18.1 Å². The van der Waals surface area contributed by atoms with E-state index >= 15 is 0 Å². The lowest BCUT2D eigenvalue weighted by atomic mass is 10.2. The number of hydrogen-bond donors (Lipinski definition) is 2. The molecular formula is C27H24N4O4. The molecule has 1 heterocycles. The molecule has 0 saturated heterocycles. The van der Waals surface area contributed by atoms with Crippen molar-refractivity contribution in [3.05, 3.63) is 115 Å². The quantitative estimate of drug-likeness (QED) is 0.361. The lowest BCUT2D eigenvalue weighted by Crippen LogP contribution is -2.47. The third-order valence-electron chi connectivity index (χ3n) is 4.91. The fourth-order valence-corrected chi connectivity index (χ4v) is 3.16. The lowest BCUT2D eigenvalue weighted by molar-refractivity contribution is -0.119. The summed E-state index contributed by atoms with van der Waals surface area (Å²) in [7, 11) is 0. The van der Waals surface area contributed by atoms with E-state index in [2.05, 4.69) is 20.6 Å². The van der Waals surface area contributed by atoms with Gasteiger partial charge >= 0.3 is 0 Å². The van der Waals surface area contributed by atoms with Crippen LogP contribution in [0.25, 0.3) is 0 Å². The summed E-state index contributed by atoms with van der Waals surface area (Å²) in [5, 5.41) is 5.49. The Hall–Kier alpha value is -4.56. The molecule has 8 heteroatoms. The molecule has 1 aromatic heterocycles. The highest BCUT2D eigenvalue weighted by molar-refractivity contribution is 6.00. The van der Waals surface area contributed by atoms with Crippen molar-refractivity contribution in [2.24, 2.45) is 0 Å². The second kappa shape index (κ2) is 12.1. The van der Waals surface area contributed by atoms with Gasteiger partial charge in [-0.05, 0) is 42.0 Å². The number of aromatic nitrogens is 2. The largest absolute Gasteiger partial charge is 0.457 e. The maximum atomic E-state index is 13.0. The third kappa shape index (κ3) is 7.21. The molecule has 4 rings (SSSR count). The molecular weight excluding hydrogens is 444 g/mol. The van der Waals surface area contributed by atoms with Crippen LogP contribution in [0.5, 0.6) is 11.5 Å². The van der Waals surface area contributed by atoms with Crippen LogP contribution in [0.2, 0.25) is 0 Å². The first kappa shape index (κ1) is 23.6. The van der Waals surface area contributed by atoms with E-state index in [1.165, 1.54) is 18.6 Å². The molecule has 176 valence electrons. The zero-order valence-corrected chi connectivity index (χ0v) is 18.8. The Morgan fingerprint density at radius 3 is 2.20 bits per heavy atom. The SMILES string of the molecule is O=C(NC(COCc1ccccc1)C(=O)Nc1ccc(Oc2ccccc2)cc1)c1cnccn1. The van der Waals surface area contributed by atoms with E-state index in [-0.39, 0.29) is 12.3 Å². The summed E-state index contributed by atoms with van der Waals surface area (Å²) in [5.41, 5.74) is 1.62. The van der Waals surface area contributed by atoms with Gasteiger partial charge in [0.25, 0.3) is 5.91 Å². The molecule has 2 amide bonds. The molecule has 0 aliphatic carbocycles. The fourth-order valence-electron chi connectivity index (χ4n) is 3.16. The molecule has 4 aromatic rings. The number of nitrogens with zero attached hydrogens (tertiary/aromatic N) is 2. The van der Waals surface area contributed by atoms with Crippen LogP contribution in [-0.4, -0.2) is 34.4 Å². The van der Waals surface area contributed by atoms with Gasteiger partial charge in [0.2, 0.25) is 5.91 Å². The number of carbonyl (C=O) groups is 2. The second-order valence-corrected chi connectivity index (χ2v) is 7.55. The number of para-hydroxylation sites is 1. The van der Waals surface area contributed by atoms with Crippen LogP contribution >= 0.6 is 0 Å². The van der Waals surface area contributed by atoms with Gasteiger partial charge in [0.15, 0.2) is 0 Å². The van der Waals surface area contributed by atoms with E-state index in [0.717, 1.165) is 5.56 Å². The van der Waals surface area contributed by atoms with Gasteiger partial charge in [0.05, 0.1) is 19.4 Å². The van der Waals surface area contributed by atoms with Gasteiger partial charge in [-0.1, -0.05) is 48.5 Å². The summed E-state index contributed by atoms with van der Waals surface area (Å²) >= 11 is 0. The Morgan fingerprint density at radius 1 is 0.829 bits per heavy atom. The standard InChI is InChI=1S/C27H24N4O4/c32-26(24-17-28-15-16-29-24)31-25(19-34-18-20-7-3-1-4-8-20)27(33)30-21-11-13-23(14-12-21)35-22-9-5-2-6-10-22/h1-17,25H,18-19H2,(H,30,33)(H,31,32). The summed E-state index contributed by atoms with van der Waals surface area (Å²) in [6.45, 7) is 0.277. The Kier molecular flexibility index (Phi) is 8.13. The molecule has 0 aliphatic heterocycles. The van der Waals surface area contributed by atoms with Crippen molar-refractivity contribution < 1.29 is 19.1 Å². The normalized spacial score (nSPS) is 11.3. The van der Waals surface area contributed by atoms with E-state index in [0.29, 0.717) is 23.8 Å². The summed E-state index contributed by atoms with van der Waals surface area (Å²) in [6.07, 6.45) is 4.21. The number of carbonyl (C=O) groups excluding carboxylic acids is 2. The van der Waals surface area contributed by atoms with Crippen molar-refractivity contribution >= 4 is 17.5 Å². The number of amides is 2. The van der Waals surface area contributed by atoms with Crippen LogP contribution in [0.1, 0.15) is 16.1 Å². The van der Waals surface area contributed by atoms with Crippen LogP contribution < -0.4 is 15.4 Å². The molecule has 0 bridgehead atoms. The highest BCUT2D eigenvalue weighted by atomic mass is 16.5.